The molecule has 1 unspecified atom stereocenters. The molecule has 2 nitrogen and oxygen atoms in total. The standard InChI is InChI=1S/C24H27ClN2/c1-5-22-24-20(12-13-26(22)4)21-14-16(2)6-11-23(21)27(24)15-17(3)18-7-9-19(25)10-8-18/h6-11,14-15,22H,5,12-13H2,1-4H3/b17-15+. The maximum atomic E-state index is 6.07. The SMILES string of the molecule is CCC1c2c(c3cc(C)ccc3n2/C=C(\C)c2ccc(Cl)cc2)CCN1C. The van der Waals surface area contributed by atoms with E-state index in [1.165, 1.54) is 38.9 Å². The van der Waals surface area contributed by atoms with Crippen LogP contribution in [0.5, 0.6) is 0 Å². The molecule has 140 valence electrons. The maximum absolute atomic E-state index is 6.07. The minimum absolute atomic E-state index is 0.454. The van der Waals surface area contributed by atoms with Crippen LogP contribution in [0.2, 0.25) is 5.02 Å². The molecule has 4 rings (SSSR count). The maximum Gasteiger partial charge on any atom is 0.0529 e. The lowest BCUT2D eigenvalue weighted by molar-refractivity contribution is 0.220. The van der Waals surface area contributed by atoms with E-state index < -0.39 is 0 Å². The third-order valence-corrected chi connectivity index (χ3v) is 6.13. The van der Waals surface area contributed by atoms with Crippen LogP contribution in [0.3, 0.4) is 0 Å². The number of aromatic nitrogens is 1. The highest BCUT2D eigenvalue weighted by molar-refractivity contribution is 6.30. The zero-order chi connectivity index (χ0) is 19.1. The van der Waals surface area contributed by atoms with Gasteiger partial charge in [0.25, 0.3) is 0 Å². The smallest absolute Gasteiger partial charge is 0.0529 e. The molecule has 0 aliphatic carbocycles. The Kier molecular flexibility index (Phi) is 4.88. The molecule has 1 aliphatic rings. The van der Waals surface area contributed by atoms with Gasteiger partial charge in [0.15, 0.2) is 0 Å². The average molecular weight is 379 g/mol. The predicted octanol–water partition coefficient (Wildman–Crippen LogP) is 6.56. The van der Waals surface area contributed by atoms with Gasteiger partial charge >= 0.3 is 0 Å². The van der Waals surface area contributed by atoms with Gasteiger partial charge in [0.05, 0.1) is 11.6 Å². The lowest BCUT2D eigenvalue weighted by atomic mass is 9.96. The van der Waals surface area contributed by atoms with Crippen molar-refractivity contribution >= 4 is 34.3 Å². The van der Waals surface area contributed by atoms with Crippen molar-refractivity contribution in [1.82, 2.24) is 9.47 Å². The van der Waals surface area contributed by atoms with Crippen LogP contribution >= 0.6 is 11.6 Å². The second-order valence-corrected chi connectivity index (χ2v) is 8.16. The summed E-state index contributed by atoms with van der Waals surface area (Å²) < 4.78 is 2.44. The summed E-state index contributed by atoms with van der Waals surface area (Å²) in [6.45, 7) is 7.78. The molecular formula is C24H27ClN2. The van der Waals surface area contributed by atoms with Gasteiger partial charge in [0.2, 0.25) is 0 Å². The first-order valence-corrected chi connectivity index (χ1v) is 10.1. The van der Waals surface area contributed by atoms with Crippen molar-refractivity contribution in [3.63, 3.8) is 0 Å². The van der Waals surface area contributed by atoms with Crippen LogP contribution in [-0.4, -0.2) is 23.1 Å². The minimum Gasteiger partial charge on any atom is -0.318 e. The molecule has 3 heteroatoms. The Balaban J connectivity index is 1.95. The van der Waals surface area contributed by atoms with Crippen LogP contribution < -0.4 is 0 Å². The molecule has 0 saturated carbocycles. The molecule has 0 N–H and O–H groups in total. The third-order valence-electron chi connectivity index (χ3n) is 5.88. The van der Waals surface area contributed by atoms with Crippen LogP contribution in [0.4, 0.5) is 0 Å². The molecule has 0 fully saturated rings. The summed E-state index contributed by atoms with van der Waals surface area (Å²) in [5, 5.41) is 2.19. The molecule has 2 aromatic carbocycles. The Labute approximate surface area is 167 Å². The van der Waals surface area contributed by atoms with Crippen LogP contribution in [0.1, 0.15) is 48.7 Å². The van der Waals surface area contributed by atoms with Crippen LogP contribution in [0.15, 0.2) is 42.5 Å². The number of halogens is 1. The number of hydrogen-bond acceptors (Lipinski definition) is 1. The van der Waals surface area contributed by atoms with Crippen molar-refractivity contribution in [1.29, 1.82) is 0 Å². The van der Waals surface area contributed by atoms with E-state index in [1.807, 2.05) is 12.1 Å². The van der Waals surface area contributed by atoms with Gasteiger partial charge in [-0.3, -0.25) is 4.90 Å². The summed E-state index contributed by atoms with van der Waals surface area (Å²) >= 11 is 6.07. The molecule has 1 aromatic heterocycles. The van der Waals surface area contributed by atoms with E-state index in [2.05, 4.69) is 73.8 Å². The van der Waals surface area contributed by atoms with E-state index >= 15 is 0 Å². The normalized spacial score (nSPS) is 18.1. The molecule has 0 amide bonds. The monoisotopic (exact) mass is 378 g/mol. The molecule has 0 radical (unpaired) electrons. The van der Waals surface area contributed by atoms with Crippen LogP contribution in [0.25, 0.3) is 22.7 Å². The number of rotatable bonds is 3. The summed E-state index contributed by atoms with van der Waals surface area (Å²) in [5.41, 5.74) is 8.08. The Bertz CT molecular complexity index is 1010. The summed E-state index contributed by atoms with van der Waals surface area (Å²) in [4.78, 5) is 2.50. The fourth-order valence-electron chi connectivity index (χ4n) is 4.42. The fourth-order valence-corrected chi connectivity index (χ4v) is 4.54. The van der Waals surface area contributed by atoms with E-state index in [1.54, 1.807) is 0 Å². The predicted molar refractivity (Wildman–Crippen MR) is 117 cm³/mol. The molecule has 0 spiro atoms. The molecule has 0 saturated heterocycles. The molecule has 1 atom stereocenters. The minimum atomic E-state index is 0.454. The molecule has 1 aliphatic heterocycles. The van der Waals surface area contributed by atoms with Gasteiger partial charge in [-0.25, -0.2) is 0 Å². The Morgan fingerprint density at radius 3 is 2.63 bits per heavy atom. The molecule has 3 aromatic rings. The lowest BCUT2D eigenvalue weighted by Crippen LogP contribution is -2.32. The van der Waals surface area contributed by atoms with Crippen molar-refractivity contribution in [3.05, 3.63) is 69.9 Å². The van der Waals surface area contributed by atoms with E-state index in [-0.39, 0.29) is 0 Å². The van der Waals surface area contributed by atoms with E-state index in [9.17, 15) is 0 Å². The summed E-state index contributed by atoms with van der Waals surface area (Å²) in [5.74, 6) is 0. The van der Waals surface area contributed by atoms with Gasteiger partial charge in [-0.05, 0) is 74.7 Å². The quantitative estimate of drug-likeness (QED) is 0.501. The average Bonchev–Trinajstić information content (AvgIpc) is 2.95. The van der Waals surface area contributed by atoms with Crippen LogP contribution in [-0.2, 0) is 6.42 Å². The van der Waals surface area contributed by atoms with Gasteiger partial charge in [-0.15, -0.1) is 0 Å². The highest BCUT2D eigenvalue weighted by Crippen LogP contribution is 2.39. The number of nitrogens with zero attached hydrogens (tertiary/aromatic N) is 2. The summed E-state index contributed by atoms with van der Waals surface area (Å²) in [6, 6.07) is 15.4. The van der Waals surface area contributed by atoms with Gasteiger partial charge in [0.1, 0.15) is 0 Å². The second-order valence-electron chi connectivity index (χ2n) is 7.73. The summed E-state index contributed by atoms with van der Waals surface area (Å²) in [7, 11) is 2.25. The number of aryl methyl sites for hydroxylation is 1. The zero-order valence-corrected chi connectivity index (χ0v) is 17.3. The van der Waals surface area contributed by atoms with Crippen molar-refractivity contribution in [2.45, 2.75) is 39.7 Å². The van der Waals surface area contributed by atoms with Crippen molar-refractivity contribution in [3.8, 4) is 0 Å². The largest absolute Gasteiger partial charge is 0.318 e. The number of allylic oxidation sites excluding steroid dienone is 1. The topological polar surface area (TPSA) is 8.17 Å². The highest BCUT2D eigenvalue weighted by Gasteiger charge is 2.29. The van der Waals surface area contributed by atoms with Crippen LogP contribution in [0, 0.1) is 6.92 Å². The number of fused-ring (bicyclic) bond motifs is 3. The van der Waals surface area contributed by atoms with Gasteiger partial charge in [-0.1, -0.05) is 42.3 Å². The Hall–Kier alpha value is -2.03. The van der Waals surface area contributed by atoms with Gasteiger partial charge in [0, 0.05) is 28.8 Å². The molecular weight excluding hydrogens is 352 g/mol. The molecule has 27 heavy (non-hydrogen) atoms. The number of likely N-dealkylation sites (N-methyl/N-ethyl adjacent to an activating group) is 1. The first kappa shape index (κ1) is 18.3. The first-order valence-electron chi connectivity index (χ1n) is 9.77. The van der Waals surface area contributed by atoms with Crippen molar-refractivity contribution in [2.75, 3.05) is 13.6 Å². The van der Waals surface area contributed by atoms with E-state index in [0.29, 0.717) is 6.04 Å². The molecule has 0 bridgehead atoms. The highest BCUT2D eigenvalue weighted by atomic mass is 35.5. The van der Waals surface area contributed by atoms with E-state index in [4.69, 9.17) is 11.6 Å². The Morgan fingerprint density at radius 2 is 1.93 bits per heavy atom. The lowest BCUT2D eigenvalue weighted by Gasteiger charge is -2.33. The second kappa shape index (κ2) is 7.18. The van der Waals surface area contributed by atoms with Crippen molar-refractivity contribution in [2.24, 2.45) is 0 Å². The Morgan fingerprint density at radius 1 is 1.19 bits per heavy atom. The van der Waals surface area contributed by atoms with Crippen molar-refractivity contribution < 1.29 is 0 Å². The number of hydrogen-bond donors (Lipinski definition) is 0. The summed E-state index contributed by atoms with van der Waals surface area (Å²) in [6.07, 6.45) is 4.54. The number of benzene rings is 2. The first-order chi connectivity index (χ1) is 13.0. The van der Waals surface area contributed by atoms with Gasteiger partial charge in [-0.2, -0.15) is 0 Å². The molecule has 2 heterocycles. The third kappa shape index (κ3) is 3.22. The van der Waals surface area contributed by atoms with Gasteiger partial charge < -0.3 is 4.57 Å². The zero-order valence-electron chi connectivity index (χ0n) is 16.6. The fraction of sp³-hybridized carbons (Fsp3) is 0.333. The van der Waals surface area contributed by atoms with E-state index in [0.717, 1.165) is 24.4 Å².